The zero-order valence-corrected chi connectivity index (χ0v) is 14.2. The van der Waals surface area contributed by atoms with Gasteiger partial charge in [0.05, 0.1) is 22.4 Å². The monoisotopic (exact) mass is 314 g/mol. The quantitative estimate of drug-likeness (QED) is 0.745. The van der Waals surface area contributed by atoms with Gasteiger partial charge in [-0.3, -0.25) is 4.98 Å². The number of nitrogens with one attached hydrogen (secondary N) is 1. The Labute approximate surface area is 128 Å². The number of hydrogen-bond donors (Lipinski definition) is 1. The second-order valence-electron chi connectivity index (χ2n) is 5.94. The van der Waals surface area contributed by atoms with E-state index in [0.29, 0.717) is 5.75 Å². The highest BCUT2D eigenvalue weighted by atomic mass is 32.2. The van der Waals surface area contributed by atoms with Gasteiger partial charge in [0, 0.05) is 6.54 Å². The summed E-state index contributed by atoms with van der Waals surface area (Å²) < 4.78 is 28.6. The lowest BCUT2D eigenvalue weighted by atomic mass is 10.3. The van der Waals surface area contributed by atoms with Crippen molar-refractivity contribution in [3.63, 3.8) is 0 Å². The topological polar surface area (TPSA) is 68.3 Å². The molecule has 1 heterocycles. The zero-order chi connectivity index (χ0) is 15.9. The first-order valence-corrected chi connectivity index (χ1v) is 8.92. The molecule has 0 saturated heterocycles. The normalized spacial score (nSPS) is 12.4. The van der Waals surface area contributed by atoms with E-state index in [9.17, 15) is 8.42 Å². The number of ether oxygens (including phenoxy) is 1. The summed E-state index contributed by atoms with van der Waals surface area (Å²) in [6, 6.07) is 3.70. The van der Waals surface area contributed by atoms with E-state index >= 15 is 0 Å². The van der Waals surface area contributed by atoms with Gasteiger partial charge in [0.25, 0.3) is 0 Å². The van der Waals surface area contributed by atoms with E-state index in [1.165, 1.54) is 0 Å². The van der Waals surface area contributed by atoms with Crippen LogP contribution < -0.4 is 10.1 Å². The molecule has 0 bridgehead atoms. The smallest absolute Gasteiger partial charge is 0.158 e. The second-order valence-corrected chi connectivity index (χ2v) is 8.80. The fraction of sp³-hybridized carbons (Fsp3) is 0.667. The van der Waals surface area contributed by atoms with Gasteiger partial charge in [-0.25, -0.2) is 8.42 Å². The summed E-state index contributed by atoms with van der Waals surface area (Å²) in [6.45, 7) is 9.04. The van der Waals surface area contributed by atoms with Crippen LogP contribution in [0.3, 0.4) is 0 Å². The van der Waals surface area contributed by atoms with Crippen LogP contribution in [0.4, 0.5) is 0 Å². The van der Waals surface area contributed by atoms with E-state index in [1.807, 2.05) is 12.1 Å². The van der Waals surface area contributed by atoms with Crippen molar-refractivity contribution >= 4 is 9.84 Å². The first kappa shape index (κ1) is 17.9. The Bertz CT molecular complexity index is 519. The molecular formula is C15H26N2O3S. The van der Waals surface area contributed by atoms with Crippen LogP contribution in [0, 0.1) is 0 Å². The summed E-state index contributed by atoms with van der Waals surface area (Å²) in [7, 11) is -3.15. The Morgan fingerprint density at radius 1 is 1.29 bits per heavy atom. The van der Waals surface area contributed by atoms with E-state index in [4.69, 9.17) is 4.74 Å². The van der Waals surface area contributed by atoms with Gasteiger partial charge in [0.15, 0.2) is 9.84 Å². The van der Waals surface area contributed by atoms with Gasteiger partial charge in [-0.15, -0.1) is 0 Å². The number of hydrogen-bond acceptors (Lipinski definition) is 5. The largest absolute Gasteiger partial charge is 0.491 e. The van der Waals surface area contributed by atoms with Crippen LogP contribution in [0.1, 0.15) is 39.8 Å². The predicted octanol–water partition coefficient (Wildman–Crippen LogP) is 2.17. The maximum Gasteiger partial charge on any atom is 0.158 e. The van der Waals surface area contributed by atoms with Crippen molar-refractivity contribution in [1.82, 2.24) is 10.3 Å². The molecule has 0 saturated carbocycles. The van der Waals surface area contributed by atoms with Crippen LogP contribution in [0.2, 0.25) is 0 Å². The van der Waals surface area contributed by atoms with Crippen LogP contribution >= 0.6 is 0 Å². The Morgan fingerprint density at radius 2 is 2.00 bits per heavy atom. The minimum Gasteiger partial charge on any atom is -0.491 e. The van der Waals surface area contributed by atoms with Crippen molar-refractivity contribution < 1.29 is 13.2 Å². The molecule has 0 atom stereocenters. The minimum atomic E-state index is -3.15. The van der Waals surface area contributed by atoms with E-state index in [2.05, 4.69) is 17.2 Å². The average Bonchev–Trinajstić information content (AvgIpc) is 2.39. The van der Waals surface area contributed by atoms with Gasteiger partial charge >= 0.3 is 0 Å². The van der Waals surface area contributed by atoms with Crippen LogP contribution in [-0.4, -0.2) is 37.1 Å². The fourth-order valence-corrected chi connectivity index (χ4v) is 2.48. The molecule has 0 spiro atoms. The Morgan fingerprint density at radius 3 is 2.52 bits per heavy atom. The van der Waals surface area contributed by atoms with Crippen molar-refractivity contribution in [2.45, 2.75) is 45.4 Å². The summed E-state index contributed by atoms with van der Waals surface area (Å²) in [5.74, 6) is 0.606. The number of aromatic nitrogens is 1. The minimum absolute atomic E-state index is 0.0102. The van der Waals surface area contributed by atoms with Crippen LogP contribution in [0.25, 0.3) is 0 Å². The van der Waals surface area contributed by atoms with Gasteiger partial charge in [0.1, 0.15) is 12.4 Å². The van der Waals surface area contributed by atoms with Crippen molar-refractivity contribution in [2.75, 3.05) is 18.9 Å². The SMILES string of the molecule is CCCNCc1ccc(OCCS(=O)(=O)C(C)(C)C)cn1. The summed E-state index contributed by atoms with van der Waals surface area (Å²) in [6.07, 6.45) is 2.72. The standard InChI is InChI=1S/C15H26N2O3S/c1-5-8-16-11-13-6-7-14(12-17-13)20-9-10-21(18,19)15(2,3)4/h6-7,12,16H,5,8-11H2,1-4H3. The van der Waals surface area contributed by atoms with E-state index in [-0.39, 0.29) is 12.4 Å². The van der Waals surface area contributed by atoms with Gasteiger partial charge < -0.3 is 10.1 Å². The van der Waals surface area contributed by atoms with Crippen LogP contribution in [-0.2, 0) is 16.4 Å². The lowest BCUT2D eigenvalue weighted by Crippen LogP contribution is -2.32. The molecule has 0 aliphatic carbocycles. The summed E-state index contributed by atoms with van der Waals surface area (Å²) in [4.78, 5) is 4.28. The third-order valence-corrected chi connectivity index (χ3v) is 5.65. The average molecular weight is 314 g/mol. The lowest BCUT2D eigenvalue weighted by Gasteiger charge is -2.19. The van der Waals surface area contributed by atoms with Gasteiger partial charge in [-0.2, -0.15) is 0 Å². The molecule has 0 aliphatic heterocycles. The van der Waals surface area contributed by atoms with Crippen molar-refractivity contribution in [2.24, 2.45) is 0 Å². The van der Waals surface area contributed by atoms with Crippen LogP contribution in [0.5, 0.6) is 5.75 Å². The maximum absolute atomic E-state index is 11.9. The number of nitrogens with zero attached hydrogens (tertiary/aromatic N) is 1. The van der Waals surface area contributed by atoms with Crippen molar-refractivity contribution in [3.05, 3.63) is 24.0 Å². The Kier molecular flexibility index (Phi) is 6.61. The molecule has 0 aliphatic rings. The Hall–Kier alpha value is -1.14. The predicted molar refractivity (Wildman–Crippen MR) is 85.3 cm³/mol. The lowest BCUT2D eigenvalue weighted by molar-refractivity contribution is 0.338. The molecule has 0 unspecified atom stereocenters. The molecule has 0 aromatic carbocycles. The maximum atomic E-state index is 11.9. The molecule has 120 valence electrons. The zero-order valence-electron chi connectivity index (χ0n) is 13.3. The fourth-order valence-electron chi connectivity index (χ4n) is 1.57. The third kappa shape index (κ3) is 6.01. The van der Waals surface area contributed by atoms with Crippen LogP contribution in [0.15, 0.2) is 18.3 Å². The highest BCUT2D eigenvalue weighted by molar-refractivity contribution is 7.92. The Balaban J connectivity index is 2.43. The summed E-state index contributed by atoms with van der Waals surface area (Å²) in [5.41, 5.74) is 0.943. The molecule has 1 aromatic heterocycles. The second kappa shape index (κ2) is 7.75. The van der Waals surface area contributed by atoms with Gasteiger partial charge in [0.2, 0.25) is 0 Å². The van der Waals surface area contributed by atoms with Gasteiger partial charge in [-0.05, 0) is 45.9 Å². The molecular weight excluding hydrogens is 288 g/mol. The van der Waals surface area contributed by atoms with E-state index in [0.717, 1.165) is 25.2 Å². The van der Waals surface area contributed by atoms with E-state index in [1.54, 1.807) is 27.0 Å². The summed E-state index contributed by atoms with van der Waals surface area (Å²) in [5, 5.41) is 3.27. The molecule has 1 N–H and O–H groups in total. The number of sulfone groups is 1. The number of rotatable bonds is 8. The first-order chi connectivity index (χ1) is 9.76. The molecule has 0 amide bonds. The molecule has 0 fully saturated rings. The van der Waals surface area contributed by atoms with Crippen molar-refractivity contribution in [1.29, 1.82) is 0 Å². The third-order valence-electron chi connectivity index (χ3n) is 3.08. The highest BCUT2D eigenvalue weighted by Crippen LogP contribution is 2.16. The number of pyridine rings is 1. The highest BCUT2D eigenvalue weighted by Gasteiger charge is 2.28. The van der Waals surface area contributed by atoms with Crippen molar-refractivity contribution in [3.8, 4) is 5.75 Å². The van der Waals surface area contributed by atoms with Gasteiger partial charge in [-0.1, -0.05) is 6.92 Å². The molecule has 21 heavy (non-hydrogen) atoms. The molecule has 5 nitrogen and oxygen atoms in total. The molecule has 1 aromatic rings. The van der Waals surface area contributed by atoms with E-state index < -0.39 is 14.6 Å². The first-order valence-electron chi connectivity index (χ1n) is 7.27. The summed E-state index contributed by atoms with van der Waals surface area (Å²) >= 11 is 0. The molecule has 6 heteroatoms. The molecule has 1 rings (SSSR count). The molecule has 0 radical (unpaired) electrons.